The predicted octanol–water partition coefficient (Wildman–Crippen LogP) is 1.47. The Balaban J connectivity index is 1.78. The zero-order chi connectivity index (χ0) is 17.1. The molecule has 0 spiro atoms. The molecule has 3 aliphatic rings. The molecule has 0 saturated carbocycles. The van der Waals surface area contributed by atoms with Gasteiger partial charge in [0.15, 0.2) is 0 Å². The molecule has 3 heterocycles. The number of nitrogens with zero attached hydrogens (tertiary/aromatic N) is 1. The fourth-order valence-electron chi connectivity index (χ4n) is 3.99. The number of rotatable bonds is 6. The number of piperidine rings is 1. The van der Waals surface area contributed by atoms with Crippen molar-refractivity contribution < 1.29 is 20.1 Å². The van der Waals surface area contributed by atoms with Crippen LogP contribution in [0.25, 0.3) is 0 Å². The van der Waals surface area contributed by atoms with Crippen LogP contribution >= 0.6 is 0 Å². The van der Waals surface area contributed by atoms with Gasteiger partial charge in [0, 0.05) is 6.54 Å². The highest BCUT2D eigenvalue weighted by Gasteiger charge is 2.52. The van der Waals surface area contributed by atoms with Gasteiger partial charge in [0.2, 0.25) is 0 Å². The van der Waals surface area contributed by atoms with Crippen molar-refractivity contribution in [3.8, 4) is 0 Å². The highest BCUT2D eigenvalue weighted by Crippen LogP contribution is 2.37. The molecule has 3 aliphatic heterocycles. The fourth-order valence-corrected chi connectivity index (χ4v) is 3.99. The second-order valence-corrected chi connectivity index (χ2v) is 7.02. The first-order chi connectivity index (χ1) is 11.6. The van der Waals surface area contributed by atoms with Crippen LogP contribution in [0.3, 0.4) is 0 Å². The van der Waals surface area contributed by atoms with Crippen molar-refractivity contribution in [2.45, 2.75) is 69.2 Å². The summed E-state index contributed by atoms with van der Waals surface area (Å²) in [6, 6.07) is 9.09. The number of fused-ring (bicyclic) bond motifs is 4. The summed E-state index contributed by atoms with van der Waals surface area (Å²) in [4.78, 5) is 2.10. The molecule has 1 aromatic carbocycles. The predicted molar refractivity (Wildman–Crippen MR) is 91.6 cm³/mol. The number of aliphatic hydroxyl groups excluding tert-OH is 3. The molecule has 0 amide bonds. The lowest BCUT2D eigenvalue weighted by Gasteiger charge is -2.43. The van der Waals surface area contributed by atoms with E-state index in [1.807, 2.05) is 30.3 Å². The largest absolute Gasteiger partial charge is 0.389 e. The second kappa shape index (κ2) is 7.93. The summed E-state index contributed by atoms with van der Waals surface area (Å²) in [6.07, 6.45) is 0.733. The molecule has 5 heteroatoms. The molecule has 0 aromatic heterocycles. The highest BCUT2D eigenvalue weighted by atomic mass is 16.5. The van der Waals surface area contributed by atoms with Crippen molar-refractivity contribution in [3.05, 3.63) is 35.9 Å². The average molecular weight is 335 g/mol. The number of ether oxygens (including phenoxy) is 1. The van der Waals surface area contributed by atoms with Gasteiger partial charge in [0.25, 0.3) is 0 Å². The van der Waals surface area contributed by atoms with Crippen molar-refractivity contribution in [2.24, 2.45) is 0 Å². The molecule has 3 N–H and O–H groups in total. The standard InChI is InChI=1S/C19H29NO4/c1-2-3-4-8-11-20-12-14-16(21)17(22)15(20)18(23)19(24-14)13-9-6-5-7-10-13/h5-7,9-10,14-19,21-23H,2-4,8,11-12H2,1H3/t14-,15-,16+,17+,18?,19?/m0/s1. The number of hydrogen-bond donors (Lipinski definition) is 3. The van der Waals surface area contributed by atoms with Crippen LogP contribution in [0.1, 0.15) is 44.3 Å². The van der Waals surface area contributed by atoms with E-state index in [4.69, 9.17) is 4.74 Å². The van der Waals surface area contributed by atoms with Gasteiger partial charge in [-0.1, -0.05) is 56.5 Å². The Morgan fingerprint density at radius 1 is 1.00 bits per heavy atom. The lowest BCUT2D eigenvalue weighted by atomic mass is 9.89. The summed E-state index contributed by atoms with van der Waals surface area (Å²) in [5.41, 5.74) is 0.883. The van der Waals surface area contributed by atoms with Crippen molar-refractivity contribution in [1.29, 1.82) is 0 Å². The Bertz CT molecular complexity index is 511. The van der Waals surface area contributed by atoms with E-state index in [-0.39, 0.29) is 0 Å². The molecule has 0 radical (unpaired) electrons. The summed E-state index contributed by atoms with van der Waals surface area (Å²) in [7, 11) is 0. The fraction of sp³-hybridized carbons (Fsp3) is 0.684. The number of benzene rings is 1. The Morgan fingerprint density at radius 2 is 1.75 bits per heavy atom. The summed E-state index contributed by atoms with van der Waals surface area (Å²) < 4.78 is 6.04. The molecule has 4 rings (SSSR count). The molecule has 2 bridgehead atoms. The van der Waals surface area contributed by atoms with Gasteiger partial charge in [-0.3, -0.25) is 4.90 Å². The van der Waals surface area contributed by atoms with Gasteiger partial charge in [-0.2, -0.15) is 0 Å². The SMILES string of the molecule is CCCCCCN1C[C@@H]2OC(c3ccccc3)C(O)[C@@H]1[C@@H](O)[C@@H]2O. The van der Waals surface area contributed by atoms with Crippen LogP contribution in [0.5, 0.6) is 0 Å². The average Bonchev–Trinajstić information content (AvgIpc) is 2.79. The molecular formula is C19H29NO4. The third-order valence-corrected chi connectivity index (χ3v) is 5.33. The van der Waals surface area contributed by atoms with E-state index in [1.54, 1.807) is 0 Å². The zero-order valence-electron chi connectivity index (χ0n) is 14.3. The van der Waals surface area contributed by atoms with E-state index < -0.39 is 36.6 Å². The maximum Gasteiger partial charge on any atom is 0.111 e. The van der Waals surface area contributed by atoms with Crippen LogP contribution in [0.2, 0.25) is 0 Å². The Labute approximate surface area is 143 Å². The van der Waals surface area contributed by atoms with Crippen molar-refractivity contribution in [2.75, 3.05) is 13.1 Å². The van der Waals surface area contributed by atoms with Crippen molar-refractivity contribution in [3.63, 3.8) is 0 Å². The minimum atomic E-state index is -0.987. The van der Waals surface area contributed by atoms with E-state index in [0.29, 0.717) is 6.54 Å². The first-order valence-electron chi connectivity index (χ1n) is 9.12. The third kappa shape index (κ3) is 3.51. The Morgan fingerprint density at radius 3 is 2.46 bits per heavy atom. The lowest BCUT2D eigenvalue weighted by molar-refractivity contribution is -0.136. The zero-order valence-corrected chi connectivity index (χ0v) is 14.3. The monoisotopic (exact) mass is 335 g/mol. The molecule has 134 valence electrons. The Hall–Kier alpha value is -0.980. The number of unbranched alkanes of at least 4 members (excludes halogenated alkanes) is 3. The van der Waals surface area contributed by atoms with E-state index in [0.717, 1.165) is 24.9 Å². The molecule has 0 aliphatic carbocycles. The van der Waals surface area contributed by atoms with Gasteiger partial charge in [-0.05, 0) is 18.5 Å². The summed E-state index contributed by atoms with van der Waals surface area (Å²) in [6.45, 7) is 3.54. The van der Waals surface area contributed by atoms with Crippen LogP contribution in [0.15, 0.2) is 30.3 Å². The molecule has 1 aromatic rings. The topological polar surface area (TPSA) is 73.2 Å². The maximum absolute atomic E-state index is 10.9. The second-order valence-electron chi connectivity index (χ2n) is 7.02. The number of aliphatic hydroxyl groups is 3. The molecule has 6 atom stereocenters. The van der Waals surface area contributed by atoms with Crippen molar-refractivity contribution >= 4 is 0 Å². The van der Waals surface area contributed by atoms with Crippen LogP contribution < -0.4 is 0 Å². The third-order valence-electron chi connectivity index (χ3n) is 5.33. The molecule has 24 heavy (non-hydrogen) atoms. The highest BCUT2D eigenvalue weighted by molar-refractivity contribution is 5.21. The van der Waals surface area contributed by atoms with Gasteiger partial charge >= 0.3 is 0 Å². The molecule has 3 fully saturated rings. The summed E-state index contributed by atoms with van der Waals surface area (Å²) in [5.74, 6) is 0. The first kappa shape index (κ1) is 17.8. The van der Waals surface area contributed by atoms with E-state index in [2.05, 4.69) is 11.8 Å². The normalized spacial score (nSPS) is 36.7. The van der Waals surface area contributed by atoms with Crippen LogP contribution in [-0.4, -0.2) is 63.8 Å². The Kier molecular flexibility index (Phi) is 5.89. The van der Waals surface area contributed by atoms with Gasteiger partial charge in [-0.15, -0.1) is 0 Å². The van der Waals surface area contributed by atoms with Gasteiger partial charge in [0.1, 0.15) is 24.4 Å². The summed E-state index contributed by atoms with van der Waals surface area (Å²) in [5, 5.41) is 31.8. The maximum atomic E-state index is 10.9. The van der Waals surface area contributed by atoms with E-state index in [9.17, 15) is 15.3 Å². The minimum absolute atomic E-state index is 0.482. The van der Waals surface area contributed by atoms with Gasteiger partial charge in [-0.25, -0.2) is 0 Å². The van der Waals surface area contributed by atoms with Gasteiger partial charge in [0.05, 0.1) is 12.1 Å². The van der Waals surface area contributed by atoms with Gasteiger partial charge < -0.3 is 20.1 Å². The van der Waals surface area contributed by atoms with Crippen molar-refractivity contribution in [1.82, 2.24) is 4.90 Å². The quantitative estimate of drug-likeness (QED) is 0.687. The molecular weight excluding hydrogens is 306 g/mol. The first-order valence-corrected chi connectivity index (χ1v) is 9.12. The van der Waals surface area contributed by atoms with E-state index >= 15 is 0 Å². The molecule has 3 saturated heterocycles. The minimum Gasteiger partial charge on any atom is -0.389 e. The van der Waals surface area contributed by atoms with Crippen LogP contribution in [0, 0.1) is 0 Å². The number of hydrogen-bond acceptors (Lipinski definition) is 5. The molecule has 5 nitrogen and oxygen atoms in total. The smallest absolute Gasteiger partial charge is 0.111 e. The summed E-state index contributed by atoms with van der Waals surface area (Å²) >= 11 is 0. The lowest BCUT2D eigenvalue weighted by Crippen LogP contribution is -2.62. The van der Waals surface area contributed by atoms with Crippen LogP contribution in [0.4, 0.5) is 0 Å². The van der Waals surface area contributed by atoms with Crippen LogP contribution in [-0.2, 0) is 4.74 Å². The molecule has 2 unspecified atom stereocenters. The van der Waals surface area contributed by atoms with E-state index in [1.165, 1.54) is 12.8 Å².